The summed E-state index contributed by atoms with van der Waals surface area (Å²) in [6.07, 6.45) is 2.38. The van der Waals surface area contributed by atoms with Crippen LogP contribution in [0.25, 0.3) is 0 Å². The summed E-state index contributed by atoms with van der Waals surface area (Å²) in [4.78, 5) is 37.4. The molecule has 9 nitrogen and oxygen atoms in total. The highest BCUT2D eigenvalue weighted by molar-refractivity contribution is 5.94. The van der Waals surface area contributed by atoms with Gasteiger partial charge in [0.2, 0.25) is 5.91 Å². The Balaban J connectivity index is 1.71. The number of nitrogens with one attached hydrogen (secondary N) is 2. The second-order valence-corrected chi connectivity index (χ2v) is 6.77. The molecular weight excluding hydrogens is 362 g/mol. The van der Waals surface area contributed by atoms with Gasteiger partial charge >= 0.3 is 0 Å². The zero-order valence-electron chi connectivity index (χ0n) is 15.7. The largest absolute Gasteiger partial charge is 0.351 e. The van der Waals surface area contributed by atoms with E-state index in [9.17, 15) is 19.7 Å². The number of hydrogen-bond donors (Lipinski definition) is 2. The molecule has 2 aromatic rings. The zero-order chi connectivity index (χ0) is 20.1. The van der Waals surface area contributed by atoms with Crippen molar-refractivity contribution in [3.05, 3.63) is 56.9 Å². The maximum atomic E-state index is 12.7. The lowest BCUT2D eigenvalue weighted by Gasteiger charge is -2.27. The second kappa shape index (κ2) is 8.64. The van der Waals surface area contributed by atoms with Crippen LogP contribution < -0.4 is 5.32 Å². The van der Waals surface area contributed by atoms with E-state index < -0.39 is 4.92 Å². The van der Waals surface area contributed by atoms with Crippen LogP contribution in [0, 0.1) is 10.1 Å². The Hall–Kier alpha value is -3.23. The summed E-state index contributed by atoms with van der Waals surface area (Å²) in [6.45, 7) is 3.37. The number of para-hydroxylation sites is 1. The van der Waals surface area contributed by atoms with Gasteiger partial charge in [-0.3, -0.25) is 24.8 Å². The smallest absolute Gasteiger partial charge is 0.273 e. The average Bonchev–Trinajstić information content (AvgIpc) is 3.11. The van der Waals surface area contributed by atoms with E-state index in [1.54, 1.807) is 23.1 Å². The molecule has 1 aromatic carbocycles. The van der Waals surface area contributed by atoms with E-state index in [0.717, 1.165) is 24.1 Å². The predicted octanol–water partition coefficient (Wildman–Crippen LogP) is 1.98. The molecule has 0 saturated carbocycles. The van der Waals surface area contributed by atoms with Crippen LogP contribution in [0.15, 0.2) is 24.3 Å². The first kappa shape index (κ1) is 19.5. The Labute approximate surface area is 162 Å². The Morgan fingerprint density at radius 2 is 2.14 bits per heavy atom. The number of carbonyl (C=O) groups is 2. The van der Waals surface area contributed by atoms with E-state index >= 15 is 0 Å². The Morgan fingerprint density at radius 3 is 2.89 bits per heavy atom. The van der Waals surface area contributed by atoms with Crippen LogP contribution in [0.5, 0.6) is 0 Å². The SMILES string of the molecule is CCCCNC(=O)c1n[nH]c2c1CN(C(=O)Cc1ccccc1[N+](=O)[O-])CC2. The van der Waals surface area contributed by atoms with Crippen molar-refractivity contribution in [2.45, 2.75) is 39.2 Å². The number of benzene rings is 1. The van der Waals surface area contributed by atoms with Crippen molar-refractivity contribution in [1.29, 1.82) is 0 Å². The minimum Gasteiger partial charge on any atom is -0.351 e. The number of aromatic nitrogens is 2. The van der Waals surface area contributed by atoms with Crippen LogP contribution in [0.1, 0.15) is 47.1 Å². The number of amides is 2. The molecule has 0 radical (unpaired) electrons. The molecule has 0 saturated heterocycles. The van der Waals surface area contributed by atoms with Crippen LogP contribution in [-0.4, -0.2) is 44.9 Å². The van der Waals surface area contributed by atoms with Crippen LogP contribution >= 0.6 is 0 Å². The number of unbranched alkanes of at least 4 members (excludes halogenated alkanes) is 1. The summed E-state index contributed by atoms with van der Waals surface area (Å²) in [5.74, 6) is -0.461. The van der Waals surface area contributed by atoms with Gasteiger partial charge in [0.05, 0.1) is 11.3 Å². The van der Waals surface area contributed by atoms with Gasteiger partial charge in [-0.05, 0) is 6.42 Å². The Kier molecular flexibility index (Phi) is 6.03. The molecule has 1 aliphatic rings. The molecule has 0 atom stereocenters. The molecular formula is C19H23N5O4. The van der Waals surface area contributed by atoms with Crippen molar-refractivity contribution in [2.75, 3.05) is 13.1 Å². The second-order valence-electron chi connectivity index (χ2n) is 6.77. The number of nitro groups is 1. The van der Waals surface area contributed by atoms with Crippen molar-refractivity contribution in [3.8, 4) is 0 Å². The molecule has 1 aliphatic heterocycles. The average molecular weight is 385 g/mol. The molecule has 0 bridgehead atoms. The molecule has 28 heavy (non-hydrogen) atoms. The quantitative estimate of drug-likeness (QED) is 0.429. The van der Waals surface area contributed by atoms with Crippen LogP contribution in [-0.2, 0) is 24.2 Å². The molecule has 148 valence electrons. The number of nitrogens with zero attached hydrogens (tertiary/aromatic N) is 3. The fourth-order valence-corrected chi connectivity index (χ4v) is 3.27. The summed E-state index contributed by atoms with van der Waals surface area (Å²) >= 11 is 0. The van der Waals surface area contributed by atoms with Crippen molar-refractivity contribution >= 4 is 17.5 Å². The summed E-state index contributed by atoms with van der Waals surface area (Å²) in [7, 11) is 0. The van der Waals surface area contributed by atoms with Gasteiger partial charge in [-0.25, -0.2) is 0 Å². The predicted molar refractivity (Wildman–Crippen MR) is 102 cm³/mol. The molecule has 0 fully saturated rings. The highest BCUT2D eigenvalue weighted by Gasteiger charge is 2.28. The molecule has 3 rings (SSSR count). The first-order valence-corrected chi connectivity index (χ1v) is 9.35. The molecule has 9 heteroatoms. The van der Waals surface area contributed by atoms with E-state index in [4.69, 9.17) is 0 Å². The van der Waals surface area contributed by atoms with Crippen molar-refractivity contribution in [2.24, 2.45) is 0 Å². The van der Waals surface area contributed by atoms with Gasteiger partial charge in [0.25, 0.3) is 11.6 Å². The Bertz CT molecular complexity index is 892. The lowest BCUT2D eigenvalue weighted by atomic mass is 10.0. The number of fused-ring (bicyclic) bond motifs is 1. The lowest BCUT2D eigenvalue weighted by Crippen LogP contribution is -2.38. The fourth-order valence-electron chi connectivity index (χ4n) is 3.27. The number of rotatable bonds is 7. The summed E-state index contributed by atoms with van der Waals surface area (Å²) in [6, 6.07) is 6.24. The van der Waals surface area contributed by atoms with E-state index in [0.29, 0.717) is 30.8 Å². The Morgan fingerprint density at radius 1 is 1.36 bits per heavy atom. The fraction of sp³-hybridized carbons (Fsp3) is 0.421. The number of nitro benzene ring substituents is 1. The van der Waals surface area contributed by atoms with Gasteiger partial charge in [0.1, 0.15) is 0 Å². The van der Waals surface area contributed by atoms with Gasteiger partial charge in [-0.1, -0.05) is 31.5 Å². The maximum absolute atomic E-state index is 12.7. The first-order chi connectivity index (χ1) is 13.5. The van der Waals surface area contributed by atoms with Crippen LogP contribution in [0.2, 0.25) is 0 Å². The van der Waals surface area contributed by atoms with Crippen LogP contribution in [0.3, 0.4) is 0 Å². The molecule has 0 aliphatic carbocycles. The van der Waals surface area contributed by atoms with Gasteiger partial charge in [0.15, 0.2) is 5.69 Å². The van der Waals surface area contributed by atoms with E-state index in [-0.39, 0.29) is 30.5 Å². The molecule has 1 aromatic heterocycles. The standard InChI is InChI=1S/C19H23N5O4/c1-2-3-9-20-19(26)18-14-12-23(10-8-15(14)21-22-18)17(25)11-13-6-4-5-7-16(13)24(27)28/h4-7H,2-3,8-12H2,1H3,(H,20,26)(H,21,22). The molecule has 0 spiro atoms. The van der Waals surface area contributed by atoms with Crippen molar-refractivity contribution < 1.29 is 14.5 Å². The topological polar surface area (TPSA) is 121 Å². The van der Waals surface area contributed by atoms with Gasteiger partial charge in [0, 0.05) is 48.9 Å². The summed E-state index contributed by atoms with van der Waals surface area (Å²) in [5.41, 5.74) is 2.21. The molecule has 2 N–H and O–H groups in total. The third-order valence-corrected chi connectivity index (χ3v) is 4.85. The van der Waals surface area contributed by atoms with Gasteiger partial charge < -0.3 is 10.2 Å². The molecule has 0 unspecified atom stereocenters. The first-order valence-electron chi connectivity index (χ1n) is 9.35. The summed E-state index contributed by atoms with van der Waals surface area (Å²) in [5, 5.41) is 21.0. The number of aromatic amines is 1. The van der Waals surface area contributed by atoms with Crippen molar-refractivity contribution in [3.63, 3.8) is 0 Å². The minimum atomic E-state index is -0.480. The molecule has 2 heterocycles. The number of H-pyrrole nitrogens is 1. The molecule has 2 amide bonds. The van der Waals surface area contributed by atoms with Gasteiger partial charge in [-0.2, -0.15) is 5.10 Å². The lowest BCUT2D eigenvalue weighted by molar-refractivity contribution is -0.385. The number of carbonyl (C=O) groups excluding carboxylic acids is 2. The third kappa shape index (κ3) is 4.19. The summed E-state index contributed by atoms with van der Waals surface area (Å²) < 4.78 is 0. The van der Waals surface area contributed by atoms with E-state index in [1.807, 2.05) is 6.92 Å². The highest BCUT2D eigenvalue weighted by atomic mass is 16.6. The normalized spacial score (nSPS) is 13.1. The monoisotopic (exact) mass is 385 g/mol. The van der Waals surface area contributed by atoms with Crippen LogP contribution in [0.4, 0.5) is 5.69 Å². The van der Waals surface area contributed by atoms with E-state index in [1.165, 1.54) is 6.07 Å². The highest BCUT2D eigenvalue weighted by Crippen LogP contribution is 2.23. The number of hydrogen-bond acceptors (Lipinski definition) is 5. The maximum Gasteiger partial charge on any atom is 0.273 e. The van der Waals surface area contributed by atoms with E-state index in [2.05, 4.69) is 15.5 Å². The zero-order valence-corrected chi connectivity index (χ0v) is 15.7. The van der Waals surface area contributed by atoms with Gasteiger partial charge in [-0.15, -0.1) is 0 Å². The minimum absolute atomic E-state index is 0.0532. The van der Waals surface area contributed by atoms with Crippen molar-refractivity contribution in [1.82, 2.24) is 20.4 Å². The third-order valence-electron chi connectivity index (χ3n) is 4.85.